The van der Waals surface area contributed by atoms with Crippen molar-refractivity contribution < 1.29 is 14.7 Å². The van der Waals surface area contributed by atoms with Gasteiger partial charge in [-0.05, 0) is 43.2 Å². The molecule has 5 heteroatoms. The van der Waals surface area contributed by atoms with Gasteiger partial charge in [0, 0.05) is 17.8 Å². The number of carboxylic acids is 1. The Bertz CT molecular complexity index is 486. The van der Waals surface area contributed by atoms with Gasteiger partial charge in [0.1, 0.15) is 0 Å². The fraction of sp³-hybridized carbons (Fsp3) is 0.625. The second-order valence-corrected chi connectivity index (χ2v) is 6.84. The molecule has 1 unspecified atom stereocenters. The Morgan fingerprint density at radius 2 is 2.10 bits per heavy atom. The second kappa shape index (κ2) is 7.59. The molecular formula is C16H23NO3S. The summed E-state index contributed by atoms with van der Waals surface area (Å²) >= 11 is 1.60. The molecular weight excluding hydrogens is 286 g/mol. The lowest BCUT2D eigenvalue weighted by atomic mass is 10.0. The summed E-state index contributed by atoms with van der Waals surface area (Å²) in [6, 6.07) is 2.03. The van der Waals surface area contributed by atoms with Crippen LogP contribution < -0.4 is 5.32 Å². The van der Waals surface area contributed by atoms with Crippen LogP contribution in [0.25, 0.3) is 0 Å². The molecule has 4 nitrogen and oxygen atoms in total. The van der Waals surface area contributed by atoms with E-state index in [-0.39, 0.29) is 18.2 Å². The molecule has 1 aliphatic rings. The average Bonchev–Trinajstić information content (AvgIpc) is 2.74. The van der Waals surface area contributed by atoms with Gasteiger partial charge in [-0.15, -0.1) is 11.3 Å². The van der Waals surface area contributed by atoms with Crippen molar-refractivity contribution >= 4 is 23.2 Å². The van der Waals surface area contributed by atoms with Gasteiger partial charge in [-0.1, -0.05) is 19.8 Å². The van der Waals surface area contributed by atoms with Gasteiger partial charge in [0.15, 0.2) is 0 Å². The summed E-state index contributed by atoms with van der Waals surface area (Å²) in [7, 11) is 0. The molecule has 0 spiro atoms. The van der Waals surface area contributed by atoms with Crippen LogP contribution in [0.15, 0.2) is 6.07 Å². The highest BCUT2D eigenvalue weighted by molar-refractivity contribution is 7.14. The first-order valence-corrected chi connectivity index (χ1v) is 8.53. The monoisotopic (exact) mass is 309 g/mol. The summed E-state index contributed by atoms with van der Waals surface area (Å²) in [5, 5.41) is 11.7. The molecule has 2 N–H and O–H groups in total. The van der Waals surface area contributed by atoms with E-state index >= 15 is 0 Å². The molecule has 1 amide bonds. The number of carbonyl (C=O) groups excluding carboxylic acids is 1. The fourth-order valence-electron chi connectivity index (χ4n) is 2.71. The summed E-state index contributed by atoms with van der Waals surface area (Å²) in [5.74, 6) is -0.861. The van der Waals surface area contributed by atoms with Gasteiger partial charge in [-0.2, -0.15) is 0 Å². The zero-order valence-electron chi connectivity index (χ0n) is 12.5. The van der Waals surface area contributed by atoms with E-state index in [2.05, 4.69) is 5.32 Å². The van der Waals surface area contributed by atoms with Crippen LogP contribution in [0.1, 0.15) is 59.1 Å². The topological polar surface area (TPSA) is 66.4 Å². The lowest BCUT2D eigenvalue weighted by Crippen LogP contribution is -2.29. The number of aryl methyl sites for hydroxylation is 2. The van der Waals surface area contributed by atoms with E-state index in [0.29, 0.717) is 6.54 Å². The lowest BCUT2D eigenvalue weighted by molar-refractivity contribution is -0.138. The van der Waals surface area contributed by atoms with Crippen LogP contribution in [0.4, 0.5) is 0 Å². The van der Waals surface area contributed by atoms with Crippen molar-refractivity contribution in [2.24, 2.45) is 5.92 Å². The van der Waals surface area contributed by atoms with E-state index in [1.807, 2.05) is 13.0 Å². The number of carbonyl (C=O) groups is 2. The fourth-order valence-corrected chi connectivity index (χ4v) is 3.88. The van der Waals surface area contributed by atoms with Crippen molar-refractivity contribution in [2.75, 3.05) is 6.54 Å². The van der Waals surface area contributed by atoms with Gasteiger partial charge in [-0.3, -0.25) is 9.59 Å². The third-order valence-corrected chi connectivity index (χ3v) is 5.30. The number of fused-ring (bicyclic) bond motifs is 1. The number of thiophene rings is 1. The SMILES string of the molecule is CCC(CNC(=O)c1cc2c(s1)CCCCC2)CC(=O)O. The Morgan fingerprint density at radius 3 is 2.81 bits per heavy atom. The van der Waals surface area contributed by atoms with Crippen LogP contribution in [0.2, 0.25) is 0 Å². The molecule has 0 aliphatic heterocycles. The highest BCUT2D eigenvalue weighted by Gasteiger charge is 2.18. The van der Waals surface area contributed by atoms with E-state index in [1.54, 1.807) is 11.3 Å². The minimum Gasteiger partial charge on any atom is -0.481 e. The van der Waals surface area contributed by atoms with Gasteiger partial charge >= 0.3 is 5.97 Å². The number of nitrogens with one attached hydrogen (secondary N) is 1. The molecule has 1 aliphatic carbocycles. The quantitative estimate of drug-likeness (QED) is 0.793. The summed E-state index contributed by atoms with van der Waals surface area (Å²) in [6.07, 6.45) is 6.73. The lowest BCUT2D eigenvalue weighted by Gasteiger charge is -2.12. The Labute approximate surface area is 129 Å². The van der Waals surface area contributed by atoms with Crippen LogP contribution in [0, 0.1) is 5.92 Å². The van der Waals surface area contributed by atoms with Crippen LogP contribution >= 0.6 is 11.3 Å². The van der Waals surface area contributed by atoms with Gasteiger partial charge in [0.2, 0.25) is 0 Å². The van der Waals surface area contributed by atoms with Crippen LogP contribution in [-0.4, -0.2) is 23.5 Å². The largest absolute Gasteiger partial charge is 0.481 e. The van der Waals surface area contributed by atoms with Crippen LogP contribution in [0.3, 0.4) is 0 Å². The van der Waals surface area contributed by atoms with Crippen molar-refractivity contribution in [3.8, 4) is 0 Å². The molecule has 0 saturated heterocycles. The third kappa shape index (κ3) is 4.56. The maximum atomic E-state index is 12.2. The number of hydrogen-bond acceptors (Lipinski definition) is 3. The normalized spacial score (nSPS) is 15.9. The highest BCUT2D eigenvalue weighted by atomic mass is 32.1. The van der Waals surface area contributed by atoms with Crippen molar-refractivity contribution in [2.45, 2.75) is 51.9 Å². The highest BCUT2D eigenvalue weighted by Crippen LogP contribution is 2.28. The molecule has 1 heterocycles. The Morgan fingerprint density at radius 1 is 1.33 bits per heavy atom. The van der Waals surface area contributed by atoms with E-state index in [9.17, 15) is 9.59 Å². The summed E-state index contributed by atoms with van der Waals surface area (Å²) in [5.41, 5.74) is 1.33. The first kappa shape index (κ1) is 16.0. The molecule has 2 rings (SSSR count). The molecule has 1 aromatic heterocycles. The Hall–Kier alpha value is -1.36. The van der Waals surface area contributed by atoms with Gasteiger partial charge in [-0.25, -0.2) is 0 Å². The number of rotatable bonds is 6. The van der Waals surface area contributed by atoms with Gasteiger partial charge in [0.25, 0.3) is 5.91 Å². The van der Waals surface area contributed by atoms with Gasteiger partial charge < -0.3 is 10.4 Å². The number of aliphatic carboxylic acids is 1. The van der Waals surface area contributed by atoms with Crippen molar-refractivity contribution in [3.05, 3.63) is 21.4 Å². The minimum atomic E-state index is -0.807. The van der Waals surface area contributed by atoms with Crippen molar-refractivity contribution in [1.82, 2.24) is 5.32 Å². The third-order valence-electron chi connectivity index (χ3n) is 4.06. The summed E-state index contributed by atoms with van der Waals surface area (Å²) < 4.78 is 0. The molecule has 0 radical (unpaired) electrons. The van der Waals surface area contributed by atoms with Crippen LogP contribution in [-0.2, 0) is 17.6 Å². The summed E-state index contributed by atoms with van der Waals surface area (Å²) in [6.45, 7) is 2.39. The standard InChI is InChI=1S/C16H23NO3S/c1-2-11(8-15(18)19)10-17-16(20)14-9-12-6-4-3-5-7-13(12)21-14/h9,11H,2-8,10H2,1H3,(H,17,20)(H,18,19). The number of hydrogen-bond donors (Lipinski definition) is 2. The van der Waals surface area contributed by atoms with E-state index in [0.717, 1.165) is 24.1 Å². The molecule has 21 heavy (non-hydrogen) atoms. The average molecular weight is 309 g/mol. The van der Waals surface area contributed by atoms with Crippen molar-refractivity contribution in [3.63, 3.8) is 0 Å². The Kier molecular flexibility index (Phi) is 5.79. The van der Waals surface area contributed by atoms with E-state index in [1.165, 1.54) is 29.7 Å². The second-order valence-electron chi connectivity index (χ2n) is 5.70. The molecule has 0 bridgehead atoms. The molecule has 116 valence electrons. The smallest absolute Gasteiger partial charge is 0.303 e. The molecule has 1 aromatic rings. The maximum Gasteiger partial charge on any atom is 0.303 e. The maximum absolute atomic E-state index is 12.2. The first-order valence-electron chi connectivity index (χ1n) is 7.71. The Balaban J connectivity index is 1.92. The molecule has 0 aromatic carbocycles. The summed E-state index contributed by atoms with van der Waals surface area (Å²) in [4.78, 5) is 25.1. The number of carboxylic acid groups (broad SMARTS) is 1. The van der Waals surface area contributed by atoms with E-state index < -0.39 is 5.97 Å². The minimum absolute atomic E-state index is 0.00392. The first-order chi connectivity index (χ1) is 10.1. The van der Waals surface area contributed by atoms with Crippen LogP contribution in [0.5, 0.6) is 0 Å². The van der Waals surface area contributed by atoms with Crippen molar-refractivity contribution in [1.29, 1.82) is 0 Å². The van der Waals surface area contributed by atoms with Gasteiger partial charge in [0.05, 0.1) is 4.88 Å². The zero-order valence-corrected chi connectivity index (χ0v) is 13.3. The van der Waals surface area contributed by atoms with E-state index in [4.69, 9.17) is 5.11 Å². The number of amides is 1. The molecule has 0 fully saturated rings. The predicted molar refractivity (Wildman–Crippen MR) is 83.9 cm³/mol. The zero-order chi connectivity index (χ0) is 15.2. The molecule has 1 atom stereocenters. The predicted octanol–water partition coefficient (Wildman–Crippen LogP) is 3.25. The molecule has 0 saturated carbocycles.